The number of hydrogen-bond donors (Lipinski definition) is 0. The standard InChI is InChI=1S/C23H26N2O3/c1-2-28-23(18-12-6-3-7-13-18)21(26)24(19-14-8-4-9-15-19)22(27)25(23)20-16-10-5-11-17-20/h3,5-7,10-13,16-17,19H,2,4,8-9,14-15H2,1H3. The predicted octanol–water partition coefficient (Wildman–Crippen LogP) is 4.68. The van der Waals surface area contributed by atoms with E-state index in [1.54, 1.807) is 4.90 Å². The molecule has 28 heavy (non-hydrogen) atoms. The second kappa shape index (κ2) is 7.76. The first kappa shape index (κ1) is 18.7. The molecule has 2 aliphatic rings. The molecule has 1 aliphatic carbocycles. The Bertz CT molecular complexity index is 833. The number of carbonyl (C=O) groups excluding carboxylic acids is 2. The normalized spacial score (nSPS) is 23.5. The smallest absolute Gasteiger partial charge is 0.334 e. The van der Waals surface area contributed by atoms with Gasteiger partial charge in [-0.05, 0) is 31.9 Å². The van der Waals surface area contributed by atoms with Gasteiger partial charge in [0, 0.05) is 23.9 Å². The van der Waals surface area contributed by atoms with Gasteiger partial charge in [0.25, 0.3) is 11.6 Å². The van der Waals surface area contributed by atoms with Crippen LogP contribution in [0.15, 0.2) is 60.7 Å². The molecule has 1 unspecified atom stereocenters. The van der Waals surface area contributed by atoms with Crippen LogP contribution in [0.1, 0.15) is 44.6 Å². The number of ether oxygens (including phenoxy) is 1. The van der Waals surface area contributed by atoms with Crippen LogP contribution < -0.4 is 4.90 Å². The highest BCUT2D eigenvalue weighted by Crippen LogP contribution is 2.44. The lowest BCUT2D eigenvalue weighted by molar-refractivity contribution is -0.151. The fourth-order valence-corrected chi connectivity index (χ4v) is 4.45. The molecule has 1 atom stereocenters. The van der Waals surface area contributed by atoms with Gasteiger partial charge in [0.1, 0.15) is 0 Å². The van der Waals surface area contributed by atoms with Crippen molar-refractivity contribution in [3.05, 3.63) is 66.2 Å². The number of rotatable bonds is 5. The second-order valence-corrected chi connectivity index (χ2v) is 7.36. The van der Waals surface area contributed by atoms with Gasteiger partial charge >= 0.3 is 6.03 Å². The number of carbonyl (C=O) groups is 2. The highest BCUT2D eigenvalue weighted by molar-refractivity contribution is 6.16. The van der Waals surface area contributed by atoms with Crippen LogP contribution in [0.3, 0.4) is 0 Å². The summed E-state index contributed by atoms with van der Waals surface area (Å²) in [4.78, 5) is 30.5. The highest BCUT2D eigenvalue weighted by Gasteiger charge is 2.61. The topological polar surface area (TPSA) is 49.9 Å². The summed E-state index contributed by atoms with van der Waals surface area (Å²) in [6.07, 6.45) is 4.96. The number of benzene rings is 2. The maximum atomic E-state index is 13.8. The van der Waals surface area contributed by atoms with Crippen LogP contribution >= 0.6 is 0 Å². The molecule has 0 spiro atoms. The van der Waals surface area contributed by atoms with E-state index in [0.717, 1.165) is 32.1 Å². The number of amides is 3. The van der Waals surface area contributed by atoms with Gasteiger partial charge in [-0.25, -0.2) is 4.79 Å². The average Bonchev–Trinajstić information content (AvgIpc) is 2.97. The Morgan fingerprint density at radius 3 is 2.14 bits per heavy atom. The van der Waals surface area contributed by atoms with E-state index in [1.165, 1.54) is 4.90 Å². The number of anilines is 1. The van der Waals surface area contributed by atoms with Gasteiger partial charge in [0.2, 0.25) is 0 Å². The minimum atomic E-state index is -1.47. The van der Waals surface area contributed by atoms with Crippen molar-refractivity contribution in [3.8, 4) is 0 Å². The van der Waals surface area contributed by atoms with E-state index in [2.05, 4.69) is 0 Å². The molecular weight excluding hydrogens is 352 g/mol. The zero-order chi connectivity index (χ0) is 19.6. The molecule has 0 N–H and O–H groups in total. The van der Waals surface area contributed by atoms with Crippen LogP contribution in [0.2, 0.25) is 0 Å². The molecule has 4 rings (SSSR count). The minimum absolute atomic E-state index is 0.0639. The predicted molar refractivity (Wildman–Crippen MR) is 108 cm³/mol. The van der Waals surface area contributed by atoms with Gasteiger partial charge in [-0.1, -0.05) is 67.8 Å². The molecule has 0 radical (unpaired) electrons. The van der Waals surface area contributed by atoms with E-state index >= 15 is 0 Å². The average molecular weight is 378 g/mol. The molecule has 2 fully saturated rings. The summed E-state index contributed by atoms with van der Waals surface area (Å²) >= 11 is 0. The van der Waals surface area contributed by atoms with Gasteiger partial charge < -0.3 is 4.74 Å². The van der Waals surface area contributed by atoms with Crippen molar-refractivity contribution in [3.63, 3.8) is 0 Å². The Hall–Kier alpha value is -2.66. The molecule has 146 valence electrons. The third-order valence-electron chi connectivity index (χ3n) is 5.69. The molecule has 1 heterocycles. The van der Waals surface area contributed by atoms with Gasteiger partial charge in [0.15, 0.2) is 0 Å². The largest absolute Gasteiger partial charge is 0.343 e. The van der Waals surface area contributed by atoms with Crippen LogP contribution in [0, 0.1) is 0 Å². The molecule has 1 saturated heterocycles. The number of nitrogens with zero attached hydrogens (tertiary/aromatic N) is 2. The first-order valence-electron chi connectivity index (χ1n) is 10.1. The monoisotopic (exact) mass is 378 g/mol. The summed E-state index contributed by atoms with van der Waals surface area (Å²) in [5.74, 6) is -0.277. The van der Waals surface area contributed by atoms with Crippen LogP contribution in [-0.2, 0) is 15.3 Å². The fourth-order valence-electron chi connectivity index (χ4n) is 4.45. The molecule has 1 aliphatic heterocycles. The molecule has 1 saturated carbocycles. The van der Waals surface area contributed by atoms with Crippen molar-refractivity contribution in [2.75, 3.05) is 11.5 Å². The summed E-state index contributed by atoms with van der Waals surface area (Å²) in [5, 5.41) is 0. The SMILES string of the molecule is CCOC1(c2ccccc2)C(=O)N(C2CCCCC2)C(=O)N1c1ccccc1. The molecule has 0 aromatic heterocycles. The first-order valence-corrected chi connectivity index (χ1v) is 10.1. The van der Waals surface area contributed by atoms with Gasteiger partial charge in [-0.15, -0.1) is 0 Å². The van der Waals surface area contributed by atoms with Gasteiger partial charge in [-0.2, -0.15) is 0 Å². The molecule has 5 nitrogen and oxygen atoms in total. The molecular formula is C23H26N2O3. The van der Waals surface area contributed by atoms with Gasteiger partial charge in [0.05, 0.1) is 0 Å². The van der Waals surface area contributed by atoms with Gasteiger partial charge in [-0.3, -0.25) is 14.6 Å². The Morgan fingerprint density at radius 2 is 1.54 bits per heavy atom. The zero-order valence-electron chi connectivity index (χ0n) is 16.2. The zero-order valence-corrected chi connectivity index (χ0v) is 16.2. The maximum Gasteiger partial charge on any atom is 0.334 e. The van der Waals surface area contributed by atoms with E-state index in [-0.39, 0.29) is 18.0 Å². The maximum absolute atomic E-state index is 13.8. The third kappa shape index (κ3) is 2.90. The highest BCUT2D eigenvalue weighted by atomic mass is 16.5. The van der Waals surface area contributed by atoms with E-state index in [9.17, 15) is 9.59 Å². The van der Waals surface area contributed by atoms with Crippen molar-refractivity contribution in [2.24, 2.45) is 0 Å². The van der Waals surface area contributed by atoms with Crippen LogP contribution in [0.25, 0.3) is 0 Å². The molecule has 5 heteroatoms. The van der Waals surface area contributed by atoms with E-state index < -0.39 is 5.72 Å². The summed E-state index contributed by atoms with van der Waals surface area (Å²) in [6, 6.07) is 18.4. The van der Waals surface area contributed by atoms with Crippen molar-refractivity contribution < 1.29 is 14.3 Å². The Labute approximate surface area is 165 Å². The molecule has 0 bridgehead atoms. The van der Waals surface area contributed by atoms with Crippen LogP contribution in [0.5, 0.6) is 0 Å². The van der Waals surface area contributed by atoms with Crippen molar-refractivity contribution in [1.82, 2.24) is 4.90 Å². The number of para-hydroxylation sites is 1. The van der Waals surface area contributed by atoms with Crippen LogP contribution in [0.4, 0.5) is 10.5 Å². The first-order chi connectivity index (χ1) is 13.7. The minimum Gasteiger partial charge on any atom is -0.343 e. The Morgan fingerprint density at radius 1 is 0.929 bits per heavy atom. The van der Waals surface area contributed by atoms with Crippen molar-refractivity contribution in [1.29, 1.82) is 0 Å². The fraction of sp³-hybridized carbons (Fsp3) is 0.391. The summed E-state index contributed by atoms with van der Waals surface area (Å²) in [6.45, 7) is 2.17. The lowest BCUT2D eigenvalue weighted by atomic mass is 9.93. The number of hydrogen-bond acceptors (Lipinski definition) is 3. The number of imide groups is 1. The number of urea groups is 1. The molecule has 3 amide bonds. The summed E-state index contributed by atoms with van der Waals surface area (Å²) in [5.41, 5.74) is -0.125. The lowest BCUT2D eigenvalue weighted by Gasteiger charge is -2.35. The van der Waals surface area contributed by atoms with Crippen LogP contribution in [-0.4, -0.2) is 29.5 Å². The quantitative estimate of drug-likeness (QED) is 0.710. The third-order valence-corrected chi connectivity index (χ3v) is 5.69. The van der Waals surface area contributed by atoms with Crippen molar-refractivity contribution >= 4 is 17.6 Å². The Kier molecular flexibility index (Phi) is 5.18. The lowest BCUT2D eigenvalue weighted by Crippen LogP contribution is -2.50. The Balaban J connectivity index is 1.89. The molecule has 2 aromatic carbocycles. The van der Waals surface area contributed by atoms with E-state index in [1.807, 2.05) is 67.6 Å². The van der Waals surface area contributed by atoms with Crippen molar-refractivity contribution in [2.45, 2.75) is 50.8 Å². The molecule has 2 aromatic rings. The second-order valence-electron chi connectivity index (χ2n) is 7.36. The summed E-state index contributed by atoms with van der Waals surface area (Å²) < 4.78 is 6.16. The van der Waals surface area contributed by atoms with E-state index in [4.69, 9.17) is 4.74 Å². The summed E-state index contributed by atoms with van der Waals surface area (Å²) in [7, 11) is 0. The van der Waals surface area contributed by atoms with E-state index in [0.29, 0.717) is 17.9 Å².